The maximum atomic E-state index is 12.1. The van der Waals surface area contributed by atoms with E-state index >= 15 is 0 Å². The smallest absolute Gasteiger partial charge is 0.231 e. The molecule has 27 heavy (non-hydrogen) atoms. The molecule has 1 aromatic heterocycles. The zero-order chi connectivity index (χ0) is 18.6. The summed E-state index contributed by atoms with van der Waals surface area (Å²) in [4.78, 5) is 17.7. The number of halogens is 1. The third kappa shape index (κ3) is 4.55. The number of aromatic nitrogens is 1. The van der Waals surface area contributed by atoms with Crippen LogP contribution >= 0.6 is 34.7 Å². The number of rotatable bonds is 6. The molecule has 0 fully saturated rings. The van der Waals surface area contributed by atoms with Gasteiger partial charge < -0.3 is 14.8 Å². The van der Waals surface area contributed by atoms with E-state index in [0.29, 0.717) is 28.1 Å². The maximum Gasteiger partial charge on any atom is 0.231 e. The molecule has 0 bridgehead atoms. The highest BCUT2D eigenvalue weighted by molar-refractivity contribution is 7.99. The summed E-state index contributed by atoms with van der Waals surface area (Å²) < 4.78 is 10.7. The zero-order valence-electron chi connectivity index (χ0n) is 14.1. The third-order valence-corrected chi connectivity index (χ3v) is 5.85. The van der Waals surface area contributed by atoms with Crippen molar-refractivity contribution >= 4 is 45.7 Å². The summed E-state index contributed by atoms with van der Waals surface area (Å²) >= 11 is 8.89. The highest BCUT2D eigenvalue weighted by atomic mass is 35.5. The second-order valence-corrected chi connectivity index (χ2v) is 8.17. The summed E-state index contributed by atoms with van der Waals surface area (Å²) in [6.45, 7) is 0.241. The molecule has 0 saturated heterocycles. The number of hydrogen-bond donors (Lipinski definition) is 1. The van der Waals surface area contributed by atoms with Gasteiger partial charge in [-0.2, -0.15) is 0 Å². The van der Waals surface area contributed by atoms with Crippen LogP contribution in [0.2, 0.25) is 5.02 Å². The fourth-order valence-corrected chi connectivity index (χ4v) is 4.21. The van der Waals surface area contributed by atoms with Crippen molar-refractivity contribution in [3.63, 3.8) is 0 Å². The molecule has 2 heterocycles. The number of thiazole rings is 1. The normalized spacial score (nSPS) is 12.2. The van der Waals surface area contributed by atoms with Crippen LogP contribution in [0.1, 0.15) is 6.42 Å². The molecule has 4 rings (SSSR count). The summed E-state index contributed by atoms with van der Waals surface area (Å²) in [7, 11) is 0. The lowest BCUT2D eigenvalue weighted by molar-refractivity contribution is -0.115. The number of carbonyl (C=O) groups excluding carboxylic acids is 1. The van der Waals surface area contributed by atoms with Gasteiger partial charge in [0.1, 0.15) is 0 Å². The standard InChI is InChI=1S/C19H15ClN2O3S2/c20-13-2-4-14(5-3-13)26-8-7-18(23)22-19-21-15(10-27-19)12-1-6-16-17(9-12)25-11-24-16/h1-6,9-10H,7-8,11H2,(H,21,22,23). The molecular weight excluding hydrogens is 404 g/mol. The molecule has 1 amide bonds. The van der Waals surface area contributed by atoms with Crippen LogP contribution in [0.15, 0.2) is 52.7 Å². The first kappa shape index (κ1) is 18.2. The number of benzene rings is 2. The van der Waals surface area contributed by atoms with Gasteiger partial charge >= 0.3 is 0 Å². The van der Waals surface area contributed by atoms with E-state index in [0.717, 1.165) is 21.9 Å². The summed E-state index contributed by atoms with van der Waals surface area (Å²) in [6, 6.07) is 13.3. The van der Waals surface area contributed by atoms with Gasteiger partial charge in [-0.05, 0) is 42.5 Å². The fourth-order valence-electron chi connectivity index (χ4n) is 2.49. The van der Waals surface area contributed by atoms with Gasteiger partial charge in [0.15, 0.2) is 16.6 Å². The predicted octanol–water partition coefficient (Wildman–Crippen LogP) is 5.31. The Kier molecular flexibility index (Phi) is 5.52. The second-order valence-electron chi connectivity index (χ2n) is 5.71. The van der Waals surface area contributed by atoms with Crippen LogP contribution in [0.3, 0.4) is 0 Å². The molecule has 1 N–H and O–H groups in total. The average Bonchev–Trinajstić information content (AvgIpc) is 3.32. The van der Waals surface area contributed by atoms with E-state index in [4.69, 9.17) is 21.1 Å². The van der Waals surface area contributed by atoms with Gasteiger partial charge in [-0.15, -0.1) is 23.1 Å². The number of fused-ring (bicyclic) bond motifs is 1. The Hall–Kier alpha value is -2.22. The van der Waals surface area contributed by atoms with Crippen LogP contribution < -0.4 is 14.8 Å². The number of anilines is 1. The van der Waals surface area contributed by atoms with Crippen LogP contribution in [0.4, 0.5) is 5.13 Å². The summed E-state index contributed by atoms with van der Waals surface area (Å²) in [5, 5.41) is 6.06. The van der Waals surface area contributed by atoms with Crippen molar-refractivity contribution in [2.24, 2.45) is 0 Å². The summed E-state index contributed by atoms with van der Waals surface area (Å²) in [5.74, 6) is 2.09. The molecule has 0 radical (unpaired) electrons. The van der Waals surface area contributed by atoms with Gasteiger partial charge in [0.25, 0.3) is 0 Å². The lowest BCUT2D eigenvalue weighted by Gasteiger charge is -2.03. The number of amides is 1. The zero-order valence-corrected chi connectivity index (χ0v) is 16.5. The first-order valence-electron chi connectivity index (χ1n) is 8.21. The first-order chi connectivity index (χ1) is 13.2. The molecule has 0 saturated carbocycles. The lowest BCUT2D eigenvalue weighted by atomic mass is 10.1. The van der Waals surface area contributed by atoms with Crippen LogP contribution in [-0.2, 0) is 4.79 Å². The maximum absolute atomic E-state index is 12.1. The summed E-state index contributed by atoms with van der Waals surface area (Å²) in [6.07, 6.45) is 0.409. The van der Waals surface area contributed by atoms with Crippen molar-refractivity contribution in [1.82, 2.24) is 4.98 Å². The minimum atomic E-state index is -0.0527. The van der Waals surface area contributed by atoms with Crippen molar-refractivity contribution in [1.29, 1.82) is 0 Å². The average molecular weight is 419 g/mol. The van der Waals surface area contributed by atoms with E-state index < -0.39 is 0 Å². The monoisotopic (exact) mass is 418 g/mol. The van der Waals surface area contributed by atoms with Crippen LogP contribution in [0, 0.1) is 0 Å². The molecule has 1 aliphatic rings. The number of carbonyl (C=O) groups is 1. The molecule has 0 aliphatic carbocycles. The number of ether oxygens (including phenoxy) is 2. The minimum absolute atomic E-state index is 0.0527. The van der Waals surface area contributed by atoms with Gasteiger partial charge in [-0.3, -0.25) is 4.79 Å². The van der Waals surface area contributed by atoms with Gasteiger partial charge in [-0.25, -0.2) is 4.98 Å². The Morgan fingerprint density at radius 3 is 2.85 bits per heavy atom. The van der Waals surface area contributed by atoms with Gasteiger partial charge in [0.05, 0.1) is 5.69 Å². The lowest BCUT2D eigenvalue weighted by Crippen LogP contribution is -2.11. The van der Waals surface area contributed by atoms with E-state index in [1.54, 1.807) is 11.8 Å². The van der Waals surface area contributed by atoms with Crippen LogP contribution in [-0.4, -0.2) is 23.4 Å². The van der Waals surface area contributed by atoms with E-state index in [1.807, 2.05) is 47.8 Å². The highest BCUT2D eigenvalue weighted by Crippen LogP contribution is 2.36. The molecule has 2 aromatic carbocycles. The van der Waals surface area contributed by atoms with Crippen LogP contribution in [0.25, 0.3) is 11.3 Å². The Morgan fingerprint density at radius 2 is 2.00 bits per heavy atom. The van der Waals surface area contributed by atoms with Gasteiger partial charge in [0, 0.05) is 33.0 Å². The molecule has 8 heteroatoms. The molecule has 0 unspecified atom stereocenters. The van der Waals surface area contributed by atoms with Gasteiger partial charge in [-0.1, -0.05) is 11.6 Å². The van der Waals surface area contributed by atoms with E-state index in [1.165, 1.54) is 11.3 Å². The molecular formula is C19H15ClN2O3S2. The van der Waals surface area contributed by atoms with E-state index in [9.17, 15) is 4.79 Å². The number of hydrogen-bond acceptors (Lipinski definition) is 6. The molecule has 138 valence electrons. The summed E-state index contributed by atoms with van der Waals surface area (Å²) in [5.41, 5.74) is 1.72. The number of thioether (sulfide) groups is 1. The topological polar surface area (TPSA) is 60.5 Å². The molecule has 1 aliphatic heterocycles. The minimum Gasteiger partial charge on any atom is -0.454 e. The number of nitrogens with zero attached hydrogens (tertiary/aromatic N) is 1. The van der Waals surface area contributed by atoms with E-state index in [-0.39, 0.29) is 12.7 Å². The Bertz CT molecular complexity index is 960. The fraction of sp³-hybridized carbons (Fsp3) is 0.158. The van der Waals surface area contributed by atoms with Crippen molar-refractivity contribution in [3.05, 3.63) is 52.9 Å². The second kappa shape index (κ2) is 8.21. The Labute approximate surface area is 169 Å². The van der Waals surface area contributed by atoms with Crippen molar-refractivity contribution in [2.75, 3.05) is 17.9 Å². The van der Waals surface area contributed by atoms with Crippen LogP contribution in [0.5, 0.6) is 11.5 Å². The number of nitrogens with one attached hydrogen (secondary N) is 1. The van der Waals surface area contributed by atoms with E-state index in [2.05, 4.69) is 10.3 Å². The Morgan fingerprint density at radius 1 is 1.19 bits per heavy atom. The van der Waals surface area contributed by atoms with Crippen molar-refractivity contribution in [2.45, 2.75) is 11.3 Å². The SMILES string of the molecule is O=C(CCSc1ccc(Cl)cc1)Nc1nc(-c2ccc3c(c2)OCO3)cs1. The van der Waals surface area contributed by atoms with Gasteiger partial charge in [0.2, 0.25) is 12.7 Å². The third-order valence-electron chi connectivity index (χ3n) is 3.83. The molecule has 0 spiro atoms. The van der Waals surface area contributed by atoms with Crippen molar-refractivity contribution < 1.29 is 14.3 Å². The first-order valence-corrected chi connectivity index (χ1v) is 10.5. The van der Waals surface area contributed by atoms with Crippen molar-refractivity contribution in [3.8, 4) is 22.8 Å². The largest absolute Gasteiger partial charge is 0.454 e. The highest BCUT2D eigenvalue weighted by Gasteiger charge is 2.15. The molecule has 5 nitrogen and oxygen atoms in total. The quantitative estimate of drug-likeness (QED) is 0.549. The molecule has 0 atom stereocenters. The Balaban J connectivity index is 1.31. The molecule has 3 aromatic rings. The predicted molar refractivity (Wildman–Crippen MR) is 109 cm³/mol.